The average molecular weight is 351 g/mol. The highest BCUT2D eigenvalue weighted by atomic mass is 19.3. The lowest BCUT2D eigenvalue weighted by atomic mass is 10.0. The molecule has 0 radical (unpaired) electrons. The van der Waals surface area contributed by atoms with E-state index in [1.807, 2.05) is 31.2 Å². The zero-order valence-electron chi connectivity index (χ0n) is 15.1. The molecule has 1 amide bonds. The molecule has 0 fully saturated rings. The van der Waals surface area contributed by atoms with E-state index in [1.54, 1.807) is 32.9 Å². The Kier molecular flexibility index (Phi) is 5.77. The number of carbonyl (C=O) groups excluding carboxylic acids is 1. The molecular weight excluding hydrogens is 328 g/mol. The van der Waals surface area contributed by atoms with Crippen molar-refractivity contribution in [1.29, 1.82) is 0 Å². The van der Waals surface area contributed by atoms with Gasteiger partial charge in [0.15, 0.2) is 0 Å². The van der Waals surface area contributed by atoms with Crippen molar-refractivity contribution >= 4 is 5.91 Å². The number of ether oxygens (including phenoxy) is 1. The number of methoxy groups -OCH3 is 1. The Bertz CT molecular complexity index is 759. The maximum absolute atomic E-state index is 12.9. The number of alkyl halides is 2. The number of rotatable bonds is 6. The molecule has 0 aliphatic heterocycles. The minimum atomic E-state index is -2.72. The molecule has 1 aromatic heterocycles. The molecule has 0 aliphatic carbocycles. The fraction of sp³-hybridized carbons (Fsp3) is 0.444. The normalized spacial score (nSPS) is 12.3. The van der Waals surface area contributed by atoms with E-state index >= 15 is 0 Å². The van der Waals surface area contributed by atoms with Gasteiger partial charge in [-0.3, -0.25) is 4.79 Å². The number of halogens is 2. The van der Waals surface area contributed by atoms with Crippen LogP contribution in [0.5, 0.6) is 5.75 Å². The number of para-hydroxylation sites is 1. The summed E-state index contributed by atoms with van der Waals surface area (Å²) in [5.41, 5.74) is 2.20. The molecule has 136 valence electrons. The van der Waals surface area contributed by atoms with Gasteiger partial charge in [-0.25, -0.2) is 4.68 Å². The lowest BCUT2D eigenvalue weighted by molar-refractivity contribution is -0.131. The van der Waals surface area contributed by atoms with Crippen LogP contribution >= 0.6 is 0 Å². The van der Waals surface area contributed by atoms with Crippen molar-refractivity contribution in [3.05, 3.63) is 46.8 Å². The number of nitrogens with zero attached hydrogens (tertiary/aromatic N) is 3. The van der Waals surface area contributed by atoms with Gasteiger partial charge in [0.2, 0.25) is 5.91 Å². The zero-order chi connectivity index (χ0) is 18.7. The van der Waals surface area contributed by atoms with Crippen LogP contribution in [0, 0.1) is 13.8 Å². The molecule has 1 heterocycles. The Morgan fingerprint density at radius 3 is 2.52 bits per heavy atom. The van der Waals surface area contributed by atoms with Crippen LogP contribution in [0.4, 0.5) is 8.78 Å². The van der Waals surface area contributed by atoms with Gasteiger partial charge >= 0.3 is 6.55 Å². The summed E-state index contributed by atoms with van der Waals surface area (Å²) in [5.74, 6) is 0.533. The third-order valence-electron chi connectivity index (χ3n) is 4.55. The summed E-state index contributed by atoms with van der Waals surface area (Å²) >= 11 is 0. The van der Waals surface area contributed by atoms with Crippen LogP contribution in [0.25, 0.3) is 0 Å². The molecule has 0 bridgehead atoms. The standard InChI is InChI=1S/C18H23F2N3O2/c1-11-15(13(3)23(21-11)18(19)20)10-17(24)22(4)12(2)14-8-6-7-9-16(14)25-5/h6-9,12,18H,10H2,1-5H3. The second kappa shape index (κ2) is 7.63. The lowest BCUT2D eigenvalue weighted by Crippen LogP contribution is -2.31. The van der Waals surface area contributed by atoms with E-state index in [0.717, 1.165) is 5.56 Å². The molecule has 1 unspecified atom stereocenters. The quantitative estimate of drug-likeness (QED) is 0.798. The Hall–Kier alpha value is -2.44. The zero-order valence-corrected chi connectivity index (χ0v) is 15.1. The predicted octanol–water partition coefficient (Wildman–Crippen LogP) is 3.67. The van der Waals surface area contributed by atoms with Crippen molar-refractivity contribution < 1.29 is 18.3 Å². The van der Waals surface area contributed by atoms with E-state index in [4.69, 9.17) is 4.74 Å². The molecular formula is C18H23F2N3O2. The summed E-state index contributed by atoms with van der Waals surface area (Å²) in [7, 11) is 3.28. The summed E-state index contributed by atoms with van der Waals surface area (Å²) in [4.78, 5) is 14.3. The van der Waals surface area contributed by atoms with E-state index in [2.05, 4.69) is 5.10 Å². The number of aryl methyl sites for hydroxylation is 1. The number of likely N-dealkylation sites (N-methyl/N-ethyl adjacent to an activating group) is 1. The van der Waals surface area contributed by atoms with Gasteiger partial charge in [-0.2, -0.15) is 13.9 Å². The van der Waals surface area contributed by atoms with E-state index in [1.165, 1.54) is 0 Å². The average Bonchev–Trinajstić information content (AvgIpc) is 2.88. The van der Waals surface area contributed by atoms with Crippen LogP contribution in [0.2, 0.25) is 0 Å². The van der Waals surface area contributed by atoms with Gasteiger partial charge in [0.1, 0.15) is 5.75 Å². The van der Waals surface area contributed by atoms with Crippen molar-refractivity contribution in [3.8, 4) is 5.75 Å². The van der Waals surface area contributed by atoms with Gasteiger partial charge in [0.25, 0.3) is 0 Å². The lowest BCUT2D eigenvalue weighted by Gasteiger charge is -2.26. The Morgan fingerprint density at radius 2 is 1.96 bits per heavy atom. The fourth-order valence-electron chi connectivity index (χ4n) is 2.86. The van der Waals surface area contributed by atoms with Crippen LogP contribution in [-0.2, 0) is 11.2 Å². The SMILES string of the molecule is COc1ccccc1C(C)N(C)C(=O)Cc1c(C)nn(C(F)F)c1C. The first-order valence-electron chi connectivity index (χ1n) is 7.99. The number of hydrogen-bond donors (Lipinski definition) is 0. The number of aromatic nitrogens is 2. The van der Waals surface area contributed by atoms with E-state index in [9.17, 15) is 13.6 Å². The van der Waals surface area contributed by atoms with Gasteiger partial charge in [0.05, 0.1) is 25.3 Å². The Morgan fingerprint density at radius 1 is 1.32 bits per heavy atom. The van der Waals surface area contributed by atoms with E-state index in [0.29, 0.717) is 27.4 Å². The summed E-state index contributed by atoms with van der Waals surface area (Å²) in [6.45, 7) is 2.38. The highest BCUT2D eigenvalue weighted by Gasteiger charge is 2.24. The Labute approximate surface area is 146 Å². The molecule has 1 atom stereocenters. The minimum absolute atomic E-state index is 0.0282. The van der Waals surface area contributed by atoms with Crippen molar-refractivity contribution in [2.24, 2.45) is 0 Å². The molecule has 7 heteroatoms. The molecule has 0 saturated carbocycles. The van der Waals surface area contributed by atoms with Crippen LogP contribution < -0.4 is 4.74 Å². The number of amides is 1. The van der Waals surface area contributed by atoms with E-state index in [-0.39, 0.29) is 18.4 Å². The first-order valence-corrected chi connectivity index (χ1v) is 7.99. The van der Waals surface area contributed by atoms with Crippen molar-refractivity contribution in [2.75, 3.05) is 14.2 Å². The predicted molar refractivity (Wildman–Crippen MR) is 90.8 cm³/mol. The second-order valence-corrected chi connectivity index (χ2v) is 5.97. The summed E-state index contributed by atoms with van der Waals surface area (Å²) in [5, 5.41) is 3.83. The molecule has 0 saturated heterocycles. The topological polar surface area (TPSA) is 47.4 Å². The summed E-state index contributed by atoms with van der Waals surface area (Å²) in [6.07, 6.45) is 0.0282. The molecule has 0 aliphatic rings. The van der Waals surface area contributed by atoms with Gasteiger partial charge in [-0.15, -0.1) is 0 Å². The Balaban J connectivity index is 2.21. The summed E-state index contributed by atoms with van der Waals surface area (Å²) in [6, 6.07) is 7.27. The van der Waals surface area contributed by atoms with Gasteiger partial charge in [-0.05, 0) is 26.8 Å². The number of hydrogen-bond acceptors (Lipinski definition) is 3. The van der Waals surface area contributed by atoms with Crippen molar-refractivity contribution in [2.45, 2.75) is 39.8 Å². The molecule has 0 spiro atoms. The van der Waals surface area contributed by atoms with Gasteiger partial charge < -0.3 is 9.64 Å². The number of carbonyl (C=O) groups is 1. The fourth-order valence-corrected chi connectivity index (χ4v) is 2.86. The van der Waals surface area contributed by atoms with Crippen LogP contribution in [0.1, 0.15) is 42.0 Å². The van der Waals surface area contributed by atoms with Gasteiger partial charge in [-0.1, -0.05) is 18.2 Å². The third-order valence-corrected chi connectivity index (χ3v) is 4.55. The first kappa shape index (κ1) is 18.9. The highest BCUT2D eigenvalue weighted by Crippen LogP contribution is 2.29. The van der Waals surface area contributed by atoms with Crippen molar-refractivity contribution in [3.63, 3.8) is 0 Å². The minimum Gasteiger partial charge on any atom is -0.496 e. The number of benzene rings is 1. The summed E-state index contributed by atoms with van der Waals surface area (Å²) < 4.78 is 31.9. The molecule has 25 heavy (non-hydrogen) atoms. The molecule has 2 rings (SSSR count). The maximum atomic E-state index is 12.9. The van der Waals surface area contributed by atoms with Crippen molar-refractivity contribution in [1.82, 2.24) is 14.7 Å². The second-order valence-electron chi connectivity index (χ2n) is 5.97. The van der Waals surface area contributed by atoms with Crippen LogP contribution in [-0.4, -0.2) is 34.7 Å². The van der Waals surface area contributed by atoms with Gasteiger partial charge in [0, 0.05) is 23.9 Å². The van der Waals surface area contributed by atoms with Crippen LogP contribution in [0.15, 0.2) is 24.3 Å². The van der Waals surface area contributed by atoms with Crippen LogP contribution in [0.3, 0.4) is 0 Å². The van der Waals surface area contributed by atoms with E-state index < -0.39 is 6.55 Å². The first-order chi connectivity index (χ1) is 11.8. The molecule has 1 aromatic carbocycles. The highest BCUT2D eigenvalue weighted by molar-refractivity contribution is 5.79. The largest absolute Gasteiger partial charge is 0.496 e. The monoisotopic (exact) mass is 351 g/mol. The maximum Gasteiger partial charge on any atom is 0.333 e. The molecule has 2 aromatic rings. The third kappa shape index (κ3) is 3.81. The molecule has 0 N–H and O–H groups in total. The molecule has 5 nitrogen and oxygen atoms in total. The smallest absolute Gasteiger partial charge is 0.333 e.